The van der Waals surface area contributed by atoms with Crippen LogP contribution in [0.5, 0.6) is 0 Å². The van der Waals surface area contributed by atoms with Crippen LogP contribution in [-0.2, 0) is 0 Å². The largest absolute Gasteiger partial charge is 0.386 e. The summed E-state index contributed by atoms with van der Waals surface area (Å²) in [6.45, 7) is 0. The van der Waals surface area contributed by atoms with Crippen LogP contribution in [0.15, 0.2) is 48.5 Å². The first-order valence-electron chi connectivity index (χ1n) is 6.83. The van der Waals surface area contributed by atoms with Crippen molar-refractivity contribution in [2.75, 3.05) is 0 Å². The summed E-state index contributed by atoms with van der Waals surface area (Å²) in [6.07, 6.45) is 0.128. The first-order chi connectivity index (χ1) is 9.75. The second kappa shape index (κ2) is 3.29. The van der Waals surface area contributed by atoms with Gasteiger partial charge in [-0.05, 0) is 49.9 Å². The maximum atomic E-state index is 10.2. The Hall–Kier alpha value is -2.16. The van der Waals surface area contributed by atoms with Gasteiger partial charge in [-0.25, -0.2) is 0 Å². The number of aliphatic hydroxyl groups is 2. The summed E-state index contributed by atoms with van der Waals surface area (Å²) in [7, 11) is 0. The summed E-state index contributed by atoms with van der Waals surface area (Å²) in [6, 6.07) is 14.5. The molecule has 20 heavy (non-hydrogen) atoms. The minimum atomic E-state index is -0.834. The molecule has 3 aromatic carbocycles. The van der Waals surface area contributed by atoms with E-state index in [9.17, 15) is 10.2 Å². The predicted octanol–water partition coefficient (Wildman–Crippen LogP) is 3.15. The molecule has 5 rings (SSSR count). The maximum absolute atomic E-state index is 10.2. The van der Waals surface area contributed by atoms with Gasteiger partial charge in [0.05, 0.1) is 0 Å². The molecule has 0 aliphatic heterocycles. The number of aliphatic hydroxyl groups excluding tert-OH is 2. The number of fused-ring (bicyclic) bond motifs is 1. The molecule has 0 amide bonds. The van der Waals surface area contributed by atoms with E-state index in [1.165, 1.54) is 27.1 Å². The van der Waals surface area contributed by atoms with E-state index in [1.54, 1.807) is 6.08 Å². The van der Waals surface area contributed by atoms with Crippen LogP contribution in [0.3, 0.4) is 0 Å². The lowest BCUT2D eigenvalue weighted by Gasteiger charge is -2.24. The quantitative estimate of drug-likeness (QED) is 0.477. The molecule has 0 aromatic heterocycles. The van der Waals surface area contributed by atoms with Crippen molar-refractivity contribution >= 4 is 27.1 Å². The zero-order valence-corrected chi connectivity index (χ0v) is 10.7. The Morgan fingerprint density at radius 2 is 1.55 bits per heavy atom. The van der Waals surface area contributed by atoms with Gasteiger partial charge in [-0.2, -0.15) is 0 Å². The van der Waals surface area contributed by atoms with Gasteiger partial charge in [0, 0.05) is 0 Å². The molecule has 0 radical (unpaired) electrons. The highest BCUT2D eigenvalue weighted by Gasteiger charge is 2.33. The lowest BCUT2D eigenvalue weighted by molar-refractivity contribution is 0.0468. The van der Waals surface area contributed by atoms with E-state index >= 15 is 0 Å². The summed E-state index contributed by atoms with van der Waals surface area (Å²) in [5.74, 6) is 0. The third kappa shape index (κ3) is 1.04. The van der Waals surface area contributed by atoms with Crippen LogP contribution in [-0.4, -0.2) is 16.3 Å². The summed E-state index contributed by atoms with van der Waals surface area (Å²) in [4.78, 5) is 0. The molecule has 2 heteroatoms. The number of hydrogen-bond donors (Lipinski definition) is 2. The Balaban J connectivity index is 2.12. The first-order valence-corrected chi connectivity index (χ1v) is 6.83. The molecular weight excluding hydrogens is 248 g/mol. The molecule has 0 bridgehead atoms. The van der Waals surface area contributed by atoms with Crippen molar-refractivity contribution in [1.82, 2.24) is 0 Å². The molecule has 2 N–H and O–H groups in total. The van der Waals surface area contributed by atoms with Crippen molar-refractivity contribution in [2.24, 2.45) is 0 Å². The lowest BCUT2D eigenvalue weighted by atomic mass is 9.86. The monoisotopic (exact) mass is 260 g/mol. The van der Waals surface area contributed by atoms with Gasteiger partial charge < -0.3 is 10.2 Å². The van der Waals surface area contributed by atoms with Gasteiger partial charge >= 0.3 is 0 Å². The highest BCUT2D eigenvalue weighted by molar-refractivity contribution is 6.24. The Bertz CT molecular complexity index is 937. The van der Waals surface area contributed by atoms with Crippen molar-refractivity contribution in [2.45, 2.75) is 12.2 Å². The van der Waals surface area contributed by atoms with Gasteiger partial charge in [0.2, 0.25) is 0 Å². The van der Waals surface area contributed by atoms with Crippen LogP contribution in [0, 0.1) is 0 Å². The highest BCUT2D eigenvalue weighted by Crippen LogP contribution is 2.49. The van der Waals surface area contributed by atoms with E-state index in [4.69, 9.17) is 0 Å². The van der Waals surface area contributed by atoms with E-state index in [0.29, 0.717) is 0 Å². The number of benzene rings is 3. The normalized spacial score (nSPS) is 22.8. The van der Waals surface area contributed by atoms with Gasteiger partial charge in [-0.15, -0.1) is 0 Å². The Morgan fingerprint density at radius 1 is 0.800 bits per heavy atom. The van der Waals surface area contributed by atoms with Crippen molar-refractivity contribution in [3.63, 3.8) is 0 Å². The SMILES string of the molecule is O[C@H]1C=C2c3cccc4ccc5ccc(c2c5c34)[C@@H]1O. The molecular formula is C18H12O2. The molecule has 0 saturated carbocycles. The number of hydrogen-bond acceptors (Lipinski definition) is 2. The fraction of sp³-hybridized carbons (Fsp3) is 0.111. The zero-order chi connectivity index (χ0) is 13.4. The van der Waals surface area contributed by atoms with Crippen LogP contribution in [0.4, 0.5) is 0 Å². The van der Waals surface area contributed by atoms with Gasteiger partial charge in [-0.1, -0.05) is 42.5 Å². The second-order valence-corrected chi connectivity index (χ2v) is 5.61. The van der Waals surface area contributed by atoms with Gasteiger partial charge in [-0.3, -0.25) is 0 Å². The third-order valence-corrected chi connectivity index (χ3v) is 4.60. The van der Waals surface area contributed by atoms with Crippen LogP contribution < -0.4 is 0 Å². The predicted molar refractivity (Wildman–Crippen MR) is 79.5 cm³/mol. The van der Waals surface area contributed by atoms with E-state index in [-0.39, 0.29) is 0 Å². The average molecular weight is 260 g/mol. The van der Waals surface area contributed by atoms with Gasteiger partial charge in [0.25, 0.3) is 0 Å². The average Bonchev–Trinajstić information content (AvgIpc) is 2.81. The second-order valence-electron chi connectivity index (χ2n) is 5.61. The fourth-order valence-electron chi connectivity index (χ4n) is 3.73. The maximum Gasteiger partial charge on any atom is 0.109 e. The van der Waals surface area contributed by atoms with Crippen LogP contribution >= 0.6 is 0 Å². The molecule has 2 nitrogen and oxygen atoms in total. The summed E-state index contributed by atoms with van der Waals surface area (Å²) in [5, 5.41) is 25.2. The molecule has 0 fully saturated rings. The van der Waals surface area contributed by atoms with Crippen molar-refractivity contribution < 1.29 is 10.2 Å². The van der Waals surface area contributed by atoms with E-state index in [0.717, 1.165) is 16.7 Å². The first kappa shape index (κ1) is 10.6. The number of rotatable bonds is 0. The smallest absolute Gasteiger partial charge is 0.109 e. The molecule has 0 heterocycles. The highest BCUT2D eigenvalue weighted by atomic mass is 16.3. The standard InChI is InChI=1S/C18H12O2/c19-14-8-13-11-3-1-2-9-4-5-10-6-7-12(18(14)20)17(13)16(10)15(9)11/h1-8,14,18-20H/t14-,18-/m0/s1. The Labute approximate surface area is 115 Å². The summed E-state index contributed by atoms with van der Waals surface area (Å²) in [5.41, 5.74) is 4.18. The topological polar surface area (TPSA) is 40.5 Å². The molecule has 0 unspecified atom stereocenters. The molecule has 2 atom stereocenters. The molecule has 0 spiro atoms. The van der Waals surface area contributed by atoms with Gasteiger partial charge in [0.1, 0.15) is 12.2 Å². The Morgan fingerprint density at radius 3 is 2.40 bits per heavy atom. The Kier molecular flexibility index (Phi) is 1.74. The minimum absolute atomic E-state index is 0.831. The van der Waals surface area contributed by atoms with Crippen molar-refractivity contribution in [3.05, 3.63) is 65.2 Å². The van der Waals surface area contributed by atoms with E-state index < -0.39 is 12.2 Å². The molecule has 0 saturated heterocycles. The third-order valence-electron chi connectivity index (χ3n) is 4.60. The van der Waals surface area contributed by atoms with Crippen LogP contribution in [0.2, 0.25) is 0 Å². The molecule has 96 valence electrons. The van der Waals surface area contributed by atoms with Crippen LogP contribution in [0.1, 0.15) is 22.8 Å². The van der Waals surface area contributed by atoms with Crippen molar-refractivity contribution in [3.8, 4) is 0 Å². The van der Waals surface area contributed by atoms with Crippen molar-refractivity contribution in [1.29, 1.82) is 0 Å². The molecule has 2 aliphatic rings. The fourth-order valence-corrected chi connectivity index (χ4v) is 3.73. The summed E-state index contributed by atoms with van der Waals surface area (Å²) < 4.78 is 0. The molecule has 2 aliphatic carbocycles. The van der Waals surface area contributed by atoms with E-state index in [1.807, 2.05) is 18.2 Å². The van der Waals surface area contributed by atoms with E-state index in [2.05, 4.69) is 24.3 Å². The minimum Gasteiger partial charge on any atom is -0.386 e. The summed E-state index contributed by atoms with van der Waals surface area (Å²) >= 11 is 0. The van der Waals surface area contributed by atoms with Gasteiger partial charge in [0.15, 0.2) is 0 Å². The van der Waals surface area contributed by atoms with Crippen LogP contribution in [0.25, 0.3) is 27.1 Å². The zero-order valence-electron chi connectivity index (χ0n) is 10.7. The lowest BCUT2D eigenvalue weighted by Crippen LogP contribution is -2.20. The molecule has 3 aromatic rings.